The first kappa shape index (κ1) is 11.3. The van der Waals surface area contributed by atoms with Gasteiger partial charge in [0.1, 0.15) is 0 Å². The molecule has 1 aliphatic heterocycles. The van der Waals surface area contributed by atoms with Crippen LogP contribution in [0.25, 0.3) is 0 Å². The minimum atomic E-state index is -0.822. The van der Waals surface area contributed by atoms with Crippen LogP contribution in [0.2, 0.25) is 0 Å². The van der Waals surface area contributed by atoms with Crippen molar-refractivity contribution in [1.82, 2.24) is 9.80 Å². The quantitative estimate of drug-likeness (QED) is 0.668. The molecule has 0 spiro atoms. The Morgan fingerprint density at radius 1 is 1.64 bits per heavy atom. The molecule has 1 aliphatic rings. The second-order valence-corrected chi connectivity index (χ2v) is 3.87. The molecule has 14 heavy (non-hydrogen) atoms. The monoisotopic (exact) mass is 202 g/mol. The van der Waals surface area contributed by atoms with Gasteiger partial charge in [-0.3, -0.25) is 0 Å². The van der Waals surface area contributed by atoms with Gasteiger partial charge >= 0.3 is 6.09 Å². The van der Waals surface area contributed by atoms with Crippen molar-refractivity contribution in [2.45, 2.75) is 6.42 Å². The van der Waals surface area contributed by atoms with E-state index in [1.807, 2.05) is 11.9 Å². The molecule has 1 heterocycles. The third kappa shape index (κ3) is 3.16. The maximum Gasteiger partial charge on any atom is 0.407 e. The van der Waals surface area contributed by atoms with Crippen LogP contribution in [0.1, 0.15) is 6.42 Å². The van der Waals surface area contributed by atoms with Crippen molar-refractivity contribution in [3.8, 4) is 0 Å². The van der Waals surface area contributed by atoms with E-state index in [4.69, 9.17) is 10.2 Å². The third-order valence-electron chi connectivity index (χ3n) is 2.61. The summed E-state index contributed by atoms with van der Waals surface area (Å²) >= 11 is 0. The first-order chi connectivity index (χ1) is 6.63. The van der Waals surface area contributed by atoms with E-state index >= 15 is 0 Å². The number of amides is 1. The van der Waals surface area contributed by atoms with Crippen molar-refractivity contribution < 1.29 is 15.0 Å². The summed E-state index contributed by atoms with van der Waals surface area (Å²) in [4.78, 5) is 14.1. The van der Waals surface area contributed by atoms with Gasteiger partial charge in [0.05, 0.1) is 6.61 Å². The predicted molar refractivity (Wildman–Crippen MR) is 52.3 cm³/mol. The average Bonchev–Trinajstić information content (AvgIpc) is 2.53. The lowest BCUT2D eigenvalue weighted by Crippen LogP contribution is -2.31. The molecule has 1 rings (SSSR count). The summed E-state index contributed by atoms with van der Waals surface area (Å²) in [5, 5.41) is 17.4. The summed E-state index contributed by atoms with van der Waals surface area (Å²) in [7, 11) is 1.94. The molecule has 1 fully saturated rings. The minimum Gasteiger partial charge on any atom is -0.465 e. The molecule has 0 radical (unpaired) electrons. The van der Waals surface area contributed by atoms with Crippen LogP contribution in [0.5, 0.6) is 0 Å². The summed E-state index contributed by atoms with van der Waals surface area (Å²) in [6.07, 6.45) is 0.111. The van der Waals surface area contributed by atoms with Crippen molar-refractivity contribution in [2.75, 3.05) is 39.8 Å². The summed E-state index contributed by atoms with van der Waals surface area (Å²) < 4.78 is 0. The van der Waals surface area contributed by atoms with E-state index in [0.29, 0.717) is 25.6 Å². The average molecular weight is 202 g/mol. The van der Waals surface area contributed by atoms with Crippen molar-refractivity contribution in [3.63, 3.8) is 0 Å². The highest BCUT2D eigenvalue weighted by molar-refractivity contribution is 5.65. The molecule has 82 valence electrons. The van der Waals surface area contributed by atoms with E-state index in [2.05, 4.69) is 0 Å². The zero-order chi connectivity index (χ0) is 10.6. The van der Waals surface area contributed by atoms with Crippen LogP contribution in [0.15, 0.2) is 0 Å². The van der Waals surface area contributed by atoms with E-state index in [9.17, 15) is 4.79 Å². The lowest BCUT2D eigenvalue weighted by Gasteiger charge is -2.19. The van der Waals surface area contributed by atoms with Crippen molar-refractivity contribution in [2.24, 2.45) is 5.92 Å². The Balaban J connectivity index is 2.25. The molecular weight excluding hydrogens is 184 g/mol. The Morgan fingerprint density at radius 2 is 2.36 bits per heavy atom. The number of aliphatic hydroxyl groups is 1. The molecule has 0 saturated carbocycles. The first-order valence-corrected chi connectivity index (χ1v) is 4.90. The van der Waals surface area contributed by atoms with Crippen LogP contribution >= 0.6 is 0 Å². The Morgan fingerprint density at radius 3 is 2.86 bits per heavy atom. The fourth-order valence-corrected chi connectivity index (χ4v) is 1.86. The van der Waals surface area contributed by atoms with Gasteiger partial charge < -0.3 is 20.0 Å². The van der Waals surface area contributed by atoms with Gasteiger partial charge in [0, 0.05) is 26.2 Å². The predicted octanol–water partition coefficient (Wildman–Crippen LogP) is -0.0896. The van der Waals surface area contributed by atoms with Crippen LogP contribution in [0.4, 0.5) is 4.79 Å². The molecule has 1 atom stereocenters. The Labute approximate surface area is 83.9 Å². The van der Waals surface area contributed by atoms with Gasteiger partial charge in [0.2, 0.25) is 0 Å². The van der Waals surface area contributed by atoms with Crippen LogP contribution < -0.4 is 0 Å². The minimum absolute atomic E-state index is 0.159. The number of carboxylic acid groups (broad SMARTS) is 1. The fraction of sp³-hybridized carbons (Fsp3) is 0.889. The first-order valence-electron chi connectivity index (χ1n) is 4.90. The zero-order valence-electron chi connectivity index (χ0n) is 8.52. The number of aliphatic hydroxyl groups excluding tert-OH is 1. The van der Waals surface area contributed by atoms with Gasteiger partial charge in [-0.2, -0.15) is 0 Å². The fourth-order valence-electron chi connectivity index (χ4n) is 1.86. The third-order valence-corrected chi connectivity index (χ3v) is 2.61. The Kier molecular flexibility index (Phi) is 4.16. The summed E-state index contributed by atoms with van der Waals surface area (Å²) in [6.45, 7) is 2.96. The molecule has 0 unspecified atom stereocenters. The van der Waals surface area contributed by atoms with Gasteiger partial charge in [0.25, 0.3) is 0 Å². The molecule has 5 heteroatoms. The van der Waals surface area contributed by atoms with Gasteiger partial charge in [-0.1, -0.05) is 0 Å². The number of rotatable bonds is 4. The molecule has 1 amide bonds. The second-order valence-electron chi connectivity index (χ2n) is 3.87. The maximum atomic E-state index is 10.6. The van der Waals surface area contributed by atoms with E-state index in [-0.39, 0.29) is 6.61 Å². The van der Waals surface area contributed by atoms with Gasteiger partial charge in [-0.25, -0.2) is 4.79 Å². The Hall–Kier alpha value is -0.810. The number of hydrogen-bond acceptors (Lipinski definition) is 3. The highest BCUT2D eigenvalue weighted by atomic mass is 16.4. The summed E-state index contributed by atoms with van der Waals surface area (Å²) in [5.74, 6) is 0.419. The number of likely N-dealkylation sites (N-methyl/N-ethyl adjacent to an activating group) is 1. The largest absolute Gasteiger partial charge is 0.465 e. The SMILES string of the molecule is CN(CCO)C[C@H]1CCN(C(=O)O)C1. The highest BCUT2D eigenvalue weighted by Crippen LogP contribution is 2.16. The van der Waals surface area contributed by atoms with Gasteiger partial charge in [0.15, 0.2) is 0 Å². The standard InChI is InChI=1S/C9H18N2O3/c1-10(4-5-12)6-8-2-3-11(7-8)9(13)14/h8,12H,2-7H2,1H3,(H,13,14)/t8-/m1/s1. The van der Waals surface area contributed by atoms with Crippen LogP contribution in [0.3, 0.4) is 0 Å². The summed E-state index contributed by atoms with van der Waals surface area (Å²) in [5.41, 5.74) is 0. The molecule has 5 nitrogen and oxygen atoms in total. The molecule has 0 aromatic heterocycles. The zero-order valence-corrected chi connectivity index (χ0v) is 8.52. The maximum absolute atomic E-state index is 10.6. The molecule has 0 aromatic carbocycles. The highest BCUT2D eigenvalue weighted by Gasteiger charge is 2.26. The van der Waals surface area contributed by atoms with E-state index in [1.165, 1.54) is 4.90 Å². The van der Waals surface area contributed by atoms with Crippen LogP contribution in [-0.4, -0.2) is 65.9 Å². The molecular formula is C9H18N2O3. The lowest BCUT2D eigenvalue weighted by atomic mass is 10.1. The number of hydrogen-bond donors (Lipinski definition) is 2. The second kappa shape index (κ2) is 5.17. The van der Waals surface area contributed by atoms with Crippen molar-refractivity contribution in [1.29, 1.82) is 0 Å². The smallest absolute Gasteiger partial charge is 0.407 e. The van der Waals surface area contributed by atoms with Crippen LogP contribution in [-0.2, 0) is 0 Å². The molecule has 0 aliphatic carbocycles. The van der Waals surface area contributed by atoms with E-state index < -0.39 is 6.09 Å². The van der Waals surface area contributed by atoms with Gasteiger partial charge in [-0.05, 0) is 19.4 Å². The van der Waals surface area contributed by atoms with Crippen molar-refractivity contribution in [3.05, 3.63) is 0 Å². The lowest BCUT2D eigenvalue weighted by molar-refractivity contribution is 0.151. The molecule has 1 saturated heterocycles. The number of carbonyl (C=O) groups is 1. The number of nitrogens with zero attached hydrogens (tertiary/aromatic N) is 2. The summed E-state index contributed by atoms with van der Waals surface area (Å²) in [6, 6.07) is 0. The molecule has 0 aromatic rings. The van der Waals surface area contributed by atoms with E-state index in [1.54, 1.807) is 0 Å². The molecule has 0 bridgehead atoms. The topological polar surface area (TPSA) is 64.0 Å². The van der Waals surface area contributed by atoms with Crippen molar-refractivity contribution >= 4 is 6.09 Å². The normalized spacial score (nSPS) is 21.9. The van der Waals surface area contributed by atoms with Crippen LogP contribution in [0, 0.1) is 5.92 Å². The Bertz CT molecular complexity index is 198. The molecule has 2 N–H and O–H groups in total. The van der Waals surface area contributed by atoms with Gasteiger partial charge in [-0.15, -0.1) is 0 Å². The number of likely N-dealkylation sites (tertiary alicyclic amines) is 1. The van der Waals surface area contributed by atoms with E-state index in [0.717, 1.165) is 13.0 Å².